The molecule has 2 aromatic rings. The maximum Gasteiger partial charge on any atom is 0.416 e. The average molecular weight is 520 g/mol. The van der Waals surface area contributed by atoms with E-state index in [1.54, 1.807) is 19.3 Å². The van der Waals surface area contributed by atoms with Crippen LogP contribution in [0, 0.1) is 6.92 Å². The van der Waals surface area contributed by atoms with Gasteiger partial charge in [-0.1, -0.05) is 18.2 Å². The predicted octanol–water partition coefficient (Wildman–Crippen LogP) is 4.18. The number of alkyl halides is 3. The van der Waals surface area contributed by atoms with E-state index in [9.17, 15) is 13.2 Å². The average Bonchev–Trinajstić information content (AvgIpc) is 2.69. The Kier molecular flexibility index (Phi) is 8.26. The zero-order valence-electron chi connectivity index (χ0n) is 16.2. The first kappa shape index (κ1) is 23.4. The highest BCUT2D eigenvalue weighted by molar-refractivity contribution is 14.0. The lowest BCUT2D eigenvalue weighted by Crippen LogP contribution is -2.48. The molecule has 0 bridgehead atoms. The third-order valence-electron chi connectivity index (χ3n) is 4.59. The number of guanidine groups is 1. The molecule has 29 heavy (non-hydrogen) atoms. The minimum atomic E-state index is -4.37. The number of rotatable bonds is 3. The number of aliphatic imine (C=N–C) groups is 1. The normalized spacial score (nSPS) is 17.6. The van der Waals surface area contributed by atoms with E-state index in [-0.39, 0.29) is 24.0 Å². The second-order valence-corrected chi connectivity index (χ2v) is 6.64. The van der Waals surface area contributed by atoms with Crippen LogP contribution in [0.3, 0.4) is 0 Å². The Hall–Kier alpha value is -1.88. The summed E-state index contributed by atoms with van der Waals surface area (Å²) in [6, 6.07) is 9.24. The van der Waals surface area contributed by atoms with Crippen LogP contribution in [0.1, 0.15) is 28.5 Å². The second kappa shape index (κ2) is 10.2. The summed E-state index contributed by atoms with van der Waals surface area (Å²) in [7, 11) is 1.68. The fourth-order valence-corrected chi connectivity index (χ4v) is 3.07. The molecular weight excluding hydrogens is 496 g/mol. The van der Waals surface area contributed by atoms with Crippen molar-refractivity contribution in [3.8, 4) is 0 Å². The summed E-state index contributed by atoms with van der Waals surface area (Å²) in [4.78, 5) is 10.6. The van der Waals surface area contributed by atoms with E-state index in [1.165, 1.54) is 6.07 Å². The first-order chi connectivity index (χ1) is 13.4. The summed E-state index contributed by atoms with van der Waals surface area (Å²) < 4.78 is 44.7. The summed E-state index contributed by atoms with van der Waals surface area (Å²) >= 11 is 0. The molecule has 0 amide bonds. The third-order valence-corrected chi connectivity index (χ3v) is 4.59. The number of hydrogen-bond acceptors (Lipinski definition) is 3. The van der Waals surface area contributed by atoms with Gasteiger partial charge in [0.2, 0.25) is 0 Å². The van der Waals surface area contributed by atoms with Gasteiger partial charge in [-0.2, -0.15) is 13.2 Å². The molecule has 0 radical (unpaired) electrons. The highest BCUT2D eigenvalue weighted by Gasteiger charge is 2.32. The molecule has 1 fully saturated rings. The van der Waals surface area contributed by atoms with Crippen molar-refractivity contribution in [1.29, 1.82) is 0 Å². The number of pyridine rings is 1. The van der Waals surface area contributed by atoms with E-state index in [0.717, 1.165) is 23.4 Å². The number of morpholine rings is 1. The van der Waals surface area contributed by atoms with Gasteiger partial charge >= 0.3 is 6.18 Å². The molecule has 9 heteroatoms. The maximum absolute atomic E-state index is 13.0. The summed E-state index contributed by atoms with van der Waals surface area (Å²) in [5.41, 5.74) is 1.82. The molecule has 3 rings (SSSR count). The molecule has 1 atom stereocenters. The molecule has 158 valence electrons. The number of hydrogen-bond donors (Lipinski definition) is 1. The lowest BCUT2D eigenvalue weighted by Gasteiger charge is -2.35. The highest BCUT2D eigenvalue weighted by Crippen LogP contribution is 2.32. The predicted molar refractivity (Wildman–Crippen MR) is 116 cm³/mol. The Morgan fingerprint density at radius 3 is 2.76 bits per heavy atom. The molecule has 1 N–H and O–H groups in total. The topological polar surface area (TPSA) is 49.8 Å². The molecule has 1 aliphatic heterocycles. The third kappa shape index (κ3) is 6.30. The van der Waals surface area contributed by atoms with Crippen LogP contribution in [0.15, 0.2) is 47.6 Å². The molecule has 1 aromatic carbocycles. The van der Waals surface area contributed by atoms with Gasteiger partial charge in [-0.25, -0.2) is 0 Å². The van der Waals surface area contributed by atoms with Gasteiger partial charge in [-0.15, -0.1) is 24.0 Å². The molecule has 1 aliphatic rings. The van der Waals surface area contributed by atoms with Crippen LogP contribution in [0.2, 0.25) is 0 Å². The van der Waals surface area contributed by atoms with Gasteiger partial charge in [0.05, 0.1) is 18.7 Å². The number of ether oxygens (including phenoxy) is 1. The minimum Gasteiger partial charge on any atom is -0.370 e. The van der Waals surface area contributed by atoms with E-state index < -0.39 is 17.8 Å². The molecule has 1 saturated heterocycles. The lowest BCUT2D eigenvalue weighted by molar-refractivity contribution is -0.137. The number of nitrogens with one attached hydrogen (secondary N) is 1. The molecule has 0 aliphatic carbocycles. The van der Waals surface area contributed by atoms with E-state index in [1.807, 2.05) is 24.0 Å². The minimum absolute atomic E-state index is 0. The van der Waals surface area contributed by atoms with E-state index in [4.69, 9.17) is 4.74 Å². The van der Waals surface area contributed by atoms with Gasteiger partial charge in [-0.3, -0.25) is 9.98 Å². The van der Waals surface area contributed by atoms with Gasteiger partial charge in [0.1, 0.15) is 6.10 Å². The Balaban J connectivity index is 0.00000300. The van der Waals surface area contributed by atoms with Crippen LogP contribution in [0.4, 0.5) is 13.2 Å². The zero-order valence-corrected chi connectivity index (χ0v) is 18.6. The van der Waals surface area contributed by atoms with Crippen LogP contribution < -0.4 is 5.32 Å². The number of halogens is 4. The molecule has 1 aromatic heterocycles. The van der Waals surface area contributed by atoms with Gasteiger partial charge in [-0.05, 0) is 36.2 Å². The van der Waals surface area contributed by atoms with Crippen LogP contribution in [0.5, 0.6) is 0 Å². The quantitative estimate of drug-likeness (QED) is 0.375. The largest absolute Gasteiger partial charge is 0.416 e. The molecule has 5 nitrogen and oxygen atoms in total. The van der Waals surface area contributed by atoms with Crippen molar-refractivity contribution in [3.05, 3.63) is 65.0 Å². The number of aryl methyl sites for hydroxylation is 1. The first-order valence-electron chi connectivity index (χ1n) is 9.02. The second-order valence-electron chi connectivity index (χ2n) is 6.64. The Labute approximate surface area is 185 Å². The van der Waals surface area contributed by atoms with Crippen LogP contribution in [-0.2, 0) is 17.5 Å². The van der Waals surface area contributed by atoms with Gasteiger partial charge in [0, 0.05) is 32.0 Å². The van der Waals surface area contributed by atoms with Crippen molar-refractivity contribution < 1.29 is 17.9 Å². The highest BCUT2D eigenvalue weighted by atomic mass is 127. The first-order valence-corrected chi connectivity index (χ1v) is 9.02. The van der Waals surface area contributed by atoms with Crippen LogP contribution in [-0.4, -0.2) is 42.6 Å². The molecule has 2 heterocycles. The van der Waals surface area contributed by atoms with Crippen LogP contribution >= 0.6 is 24.0 Å². The lowest BCUT2D eigenvalue weighted by atomic mass is 10.0. The standard InChI is InChI=1S/C20H23F3N4O.HI/c1-14-6-7-15(11-25-14)12-26-19(24-2)27-8-9-28-18(13-27)16-4-3-5-17(10-16)20(21,22)23;/h3-7,10-11,18H,8-9,12-13H2,1-2H3,(H,24,26);1H. The van der Waals surface area contributed by atoms with Crippen molar-refractivity contribution >= 4 is 29.9 Å². The van der Waals surface area contributed by atoms with Crippen molar-refractivity contribution in [2.45, 2.75) is 25.7 Å². The fourth-order valence-electron chi connectivity index (χ4n) is 3.07. The number of aromatic nitrogens is 1. The smallest absolute Gasteiger partial charge is 0.370 e. The van der Waals surface area contributed by atoms with Crippen molar-refractivity contribution in [2.24, 2.45) is 4.99 Å². The van der Waals surface area contributed by atoms with Crippen molar-refractivity contribution in [3.63, 3.8) is 0 Å². The monoisotopic (exact) mass is 520 g/mol. The summed E-state index contributed by atoms with van der Waals surface area (Å²) in [6.45, 7) is 3.94. The molecule has 0 saturated carbocycles. The summed E-state index contributed by atoms with van der Waals surface area (Å²) in [5, 5.41) is 3.28. The molecule has 0 spiro atoms. The van der Waals surface area contributed by atoms with Gasteiger partial charge in [0.25, 0.3) is 0 Å². The summed E-state index contributed by atoms with van der Waals surface area (Å²) in [5.74, 6) is 0.681. The van der Waals surface area contributed by atoms with E-state index >= 15 is 0 Å². The molecule has 1 unspecified atom stereocenters. The Bertz CT molecular complexity index is 827. The van der Waals surface area contributed by atoms with E-state index in [0.29, 0.717) is 37.8 Å². The maximum atomic E-state index is 13.0. The van der Waals surface area contributed by atoms with Gasteiger partial charge < -0.3 is 15.0 Å². The van der Waals surface area contributed by atoms with Crippen LogP contribution in [0.25, 0.3) is 0 Å². The fraction of sp³-hybridized carbons (Fsp3) is 0.400. The van der Waals surface area contributed by atoms with Gasteiger partial charge in [0.15, 0.2) is 5.96 Å². The zero-order chi connectivity index (χ0) is 20.1. The Morgan fingerprint density at radius 2 is 2.10 bits per heavy atom. The SMILES string of the molecule is CN=C(NCc1ccc(C)nc1)N1CCOC(c2cccc(C(F)(F)F)c2)C1.I. The molecular formula is C20H24F3IN4O. The van der Waals surface area contributed by atoms with E-state index in [2.05, 4.69) is 15.3 Å². The Morgan fingerprint density at radius 1 is 1.31 bits per heavy atom. The van der Waals surface area contributed by atoms with Crippen molar-refractivity contribution in [1.82, 2.24) is 15.2 Å². The number of benzene rings is 1. The van der Waals surface area contributed by atoms with Crippen molar-refractivity contribution in [2.75, 3.05) is 26.7 Å². The number of nitrogens with zero attached hydrogens (tertiary/aromatic N) is 3. The summed E-state index contributed by atoms with van der Waals surface area (Å²) in [6.07, 6.45) is -3.01.